The summed E-state index contributed by atoms with van der Waals surface area (Å²) in [6, 6.07) is 12.9. The molecule has 0 spiro atoms. The average Bonchev–Trinajstić information content (AvgIpc) is 2.86. The van der Waals surface area contributed by atoms with Gasteiger partial charge in [0.05, 0.1) is 15.6 Å². The van der Waals surface area contributed by atoms with E-state index in [1.54, 1.807) is 24.4 Å². The zero-order valence-corrected chi connectivity index (χ0v) is 13.4. The molecule has 0 saturated carbocycles. The van der Waals surface area contributed by atoms with Crippen LogP contribution in [-0.2, 0) is 11.3 Å². The van der Waals surface area contributed by atoms with Crippen molar-refractivity contribution in [1.29, 1.82) is 0 Å². The van der Waals surface area contributed by atoms with Gasteiger partial charge in [0.1, 0.15) is 6.61 Å². The number of aromatic nitrogens is 1. The van der Waals surface area contributed by atoms with Crippen LogP contribution in [-0.4, -0.2) is 10.7 Å². The second-order valence-electron chi connectivity index (χ2n) is 4.97. The van der Waals surface area contributed by atoms with E-state index in [1.165, 1.54) is 4.57 Å². The van der Waals surface area contributed by atoms with Gasteiger partial charge in [0.15, 0.2) is 0 Å². The van der Waals surface area contributed by atoms with Gasteiger partial charge < -0.3 is 4.74 Å². The van der Waals surface area contributed by atoms with Crippen molar-refractivity contribution in [3.05, 3.63) is 69.8 Å². The molecule has 112 valence electrons. The number of fused-ring (bicyclic) bond motifs is 1. The number of carbonyl (C=O) groups excluding carboxylic acids is 1. The first-order valence-electron chi connectivity index (χ1n) is 6.74. The Hall–Kier alpha value is -1.97. The molecule has 0 aliphatic rings. The normalized spacial score (nSPS) is 10.9. The zero-order valence-electron chi connectivity index (χ0n) is 11.8. The minimum Gasteiger partial charge on any atom is -0.444 e. The fourth-order valence-corrected chi connectivity index (χ4v) is 2.74. The SMILES string of the molecule is Cc1cn(C(=O)OCc2cccc(Cl)c2Cl)c2ccccc12. The minimum absolute atomic E-state index is 0.0732. The third kappa shape index (κ3) is 2.70. The molecule has 0 bridgehead atoms. The van der Waals surface area contributed by atoms with Gasteiger partial charge >= 0.3 is 6.09 Å². The predicted molar refractivity (Wildman–Crippen MR) is 88.7 cm³/mol. The Balaban J connectivity index is 1.84. The maximum atomic E-state index is 12.3. The largest absolute Gasteiger partial charge is 0.444 e. The van der Waals surface area contributed by atoms with Gasteiger partial charge in [-0.1, -0.05) is 53.5 Å². The Morgan fingerprint density at radius 2 is 1.91 bits per heavy atom. The fourth-order valence-electron chi connectivity index (χ4n) is 2.37. The maximum absolute atomic E-state index is 12.3. The van der Waals surface area contributed by atoms with E-state index in [0.717, 1.165) is 16.5 Å². The fraction of sp³-hybridized carbons (Fsp3) is 0.118. The summed E-state index contributed by atoms with van der Waals surface area (Å²) in [6.45, 7) is 2.03. The molecule has 0 atom stereocenters. The molecule has 3 nitrogen and oxygen atoms in total. The molecule has 1 heterocycles. The van der Waals surface area contributed by atoms with E-state index in [0.29, 0.717) is 15.6 Å². The first-order chi connectivity index (χ1) is 10.6. The maximum Gasteiger partial charge on any atom is 0.418 e. The van der Waals surface area contributed by atoms with Crippen molar-refractivity contribution in [2.24, 2.45) is 0 Å². The highest BCUT2D eigenvalue weighted by molar-refractivity contribution is 6.42. The first kappa shape index (κ1) is 14.9. The number of hydrogen-bond acceptors (Lipinski definition) is 2. The first-order valence-corrected chi connectivity index (χ1v) is 7.50. The second kappa shape index (κ2) is 6.03. The number of benzene rings is 2. The van der Waals surface area contributed by atoms with Crippen molar-refractivity contribution in [2.75, 3.05) is 0 Å². The van der Waals surface area contributed by atoms with Gasteiger partial charge in [0.25, 0.3) is 0 Å². The molecule has 0 amide bonds. The third-order valence-corrected chi connectivity index (χ3v) is 4.35. The van der Waals surface area contributed by atoms with E-state index >= 15 is 0 Å². The number of rotatable bonds is 2. The van der Waals surface area contributed by atoms with Crippen LogP contribution in [0.5, 0.6) is 0 Å². The van der Waals surface area contributed by atoms with Crippen molar-refractivity contribution in [2.45, 2.75) is 13.5 Å². The Bertz CT molecular complexity index is 855. The summed E-state index contributed by atoms with van der Waals surface area (Å²) in [5.41, 5.74) is 2.52. The molecule has 0 aliphatic carbocycles. The van der Waals surface area contributed by atoms with Crippen molar-refractivity contribution in [1.82, 2.24) is 4.57 Å². The molecule has 0 radical (unpaired) electrons. The molecule has 3 aromatic rings. The van der Waals surface area contributed by atoms with E-state index in [-0.39, 0.29) is 6.61 Å². The molecule has 0 saturated heterocycles. The monoisotopic (exact) mass is 333 g/mol. The summed E-state index contributed by atoms with van der Waals surface area (Å²) in [7, 11) is 0. The lowest BCUT2D eigenvalue weighted by Gasteiger charge is -2.08. The van der Waals surface area contributed by atoms with Crippen LogP contribution in [0.15, 0.2) is 48.7 Å². The number of ether oxygens (including phenoxy) is 1. The van der Waals surface area contributed by atoms with Crippen molar-refractivity contribution in [3.63, 3.8) is 0 Å². The lowest BCUT2D eigenvalue weighted by atomic mass is 10.2. The van der Waals surface area contributed by atoms with Crippen LogP contribution < -0.4 is 0 Å². The molecule has 2 aromatic carbocycles. The molecule has 22 heavy (non-hydrogen) atoms. The molecule has 1 aromatic heterocycles. The van der Waals surface area contributed by atoms with E-state index in [1.807, 2.05) is 31.2 Å². The summed E-state index contributed by atoms with van der Waals surface area (Å²) in [6.07, 6.45) is 1.33. The second-order valence-corrected chi connectivity index (χ2v) is 5.75. The van der Waals surface area contributed by atoms with Crippen LogP contribution in [0, 0.1) is 6.92 Å². The number of hydrogen-bond donors (Lipinski definition) is 0. The van der Waals surface area contributed by atoms with Crippen LogP contribution >= 0.6 is 23.2 Å². The highest BCUT2D eigenvalue weighted by atomic mass is 35.5. The summed E-state index contributed by atoms with van der Waals surface area (Å²) < 4.78 is 6.86. The van der Waals surface area contributed by atoms with Crippen molar-refractivity contribution >= 4 is 40.2 Å². The lowest BCUT2D eigenvalue weighted by molar-refractivity contribution is 0.142. The number of aryl methyl sites for hydroxylation is 1. The smallest absolute Gasteiger partial charge is 0.418 e. The Morgan fingerprint density at radius 1 is 1.14 bits per heavy atom. The molecule has 0 N–H and O–H groups in total. The van der Waals surface area contributed by atoms with Crippen LogP contribution in [0.3, 0.4) is 0 Å². The highest BCUT2D eigenvalue weighted by Gasteiger charge is 2.13. The highest BCUT2D eigenvalue weighted by Crippen LogP contribution is 2.26. The van der Waals surface area contributed by atoms with Gasteiger partial charge in [-0.25, -0.2) is 4.79 Å². The van der Waals surface area contributed by atoms with Gasteiger partial charge in [0.2, 0.25) is 0 Å². The predicted octanol–water partition coefficient (Wildman–Crippen LogP) is 5.44. The van der Waals surface area contributed by atoms with E-state index in [4.69, 9.17) is 27.9 Å². The van der Waals surface area contributed by atoms with Crippen LogP contribution in [0.4, 0.5) is 4.79 Å². The van der Waals surface area contributed by atoms with Gasteiger partial charge in [-0.3, -0.25) is 4.57 Å². The topological polar surface area (TPSA) is 31.2 Å². The molecule has 3 rings (SSSR count). The molecular weight excluding hydrogens is 321 g/mol. The van der Waals surface area contributed by atoms with Gasteiger partial charge in [-0.15, -0.1) is 0 Å². The molecular formula is C17H13Cl2NO2. The van der Waals surface area contributed by atoms with Gasteiger partial charge in [-0.2, -0.15) is 0 Å². The standard InChI is InChI=1S/C17H13Cl2NO2/c1-11-9-20(15-8-3-2-6-13(11)15)17(21)22-10-12-5-4-7-14(18)16(12)19/h2-9H,10H2,1H3. The van der Waals surface area contributed by atoms with Crippen molar-refractivity contribution in [3.8, 4) is 0 Å². The Kier molecular flexibility index (Phi) is 4.10. The lowest BCUT2D eigenvalue weighted by Crippen LogP contribution is -2.12. The van der Waals surface area contributed by atoms with E-state index in [2.05, 4.69) is 0 Å². The van der Waals surface area contributed by atoms with Crippen molar-refractivity contribution < 1.29 is 9.53 Å². The minimum atomic E-state index is -0.444. The number of carbonyl (C=O) groups is 1. The van der Waals surface area contributed by atoms with E-state index in [9.17, 15) is 4.79 Å². The molecule has 0 unspecified atom stereocenters. The van der Waals surface area contributed by atoms with Crippen LogP contribution in [0.2, 0.25) is 10.0 Å². The summed E-state index contributed by atoms with van der Waals surface area (Å²) in [5, 5.41) is 1.88. The Labute approximate surface area is 138 Å². The van der Waals surface area contributed by atoms with Gasteiger partial charge in [0, 0.05) is 17.1 Å². The molecule has 5 heteroatoms. The van der Waals surface area contributed by atoms with E-state index < -0.39 is 6.09 Å². The molecule has 0 fully saturated rings. The zero-order chi connectivity index (χ0) is 15.7. The van der Waals surface area contributed by atoms with Crippen LogP contribution in [0.25, 0.3) is 10.9 Å². The van der Waals surface area contributed by atoms with Crippen LogP contribution in [0.1, 0.15) is 11.1 Å². The average molecular weight is 334 g/mol. The number of halogens is 2. The number of nitrogens with zero attached hydrogens (tertiary/aromatic N) is 1. The number of para-hydroxylation sites is 1. The summed E-state index contributed by atoms with van der Waals surface area (Å²) >= 11 is 12.0. The summed E-state index contributed by atoms with van der Waals surface area (Å²) in [5.74, 6) is 0. The quantitative estimate of drug-likeness (QED) is 0.625. The third-order valence-electron chi connectivity index (χ3n) is 3.49. The van der Waals surface area contributed by atoms with Gasteiger partial charge in [-0.05, 0) is 24.6 Å². The molecule has 0 aliphatic heterocycles. The summed E-state index contributed by atoms with van der Waals surface area (Å²) in [4.78, 5) is 12.3. The Morgan fingerprint density at radius 3 is 2.73 bits per heavy atom.